The Balaban J connectivity index is 1.80. The van der Waals surface area contributed by atoms with E-state index in [4.69, 9.17) is 4.74 Å². The number of carbonyl (C=O) groups excluding carboxylic acids is 1. The molecule has 1 fully saturated rings. The van der Waals surface area contributed by atoms with Crippen LogP contribution in [0.2, 0.25) is 0 Å². The fourth-order valence-corrected chi connectivity index (χ4v) is 7.02. The Hall–Kier alpha value is -0.870. The highest BCUT2D eigenvalue weighted by Gasteiger charge is 2.46. The van der Waals surface area contributed by atoms with Gasteiger partial charge in [0.05, 0.1) is 0 Å². The molecule has 0 spiro atoms. The Morgan fingerprint density at radius 2 is 1.82 bits per heavy atom. The Morgan fingerprint density at radius 3 is 2.46 bits per heavy atom. The first-order chi connectivity index (χ1) is 13.3. The van der Waals surface area contributed by atoms with Gasteiger partial charge in [0.15, 0.2) is 4.08 Å². The summed E-state index contributed by atoms with van der Waals surface area (Å²) in [5, 5.41) is 0. The number of hydrogen-bond acceptors (Lipinski definition) is 4. The number of benzene rings is 1. The molecule has 1 aromatic carbocycles. The van der Waals surface area contributed by atoms with Crippen LogP contribution >= 0.6 is 23.5 Å². The van der Waals surface area contributed by atoms with Crippen molar-refractivity contribution in [2.75, 3.05) is 12.0 Å². The standard InChI is InChI=1S/C24H34O2S2/c1-17-15-24(27-5,28-16-18(17)2)22(25)26-21-14-10-9-13-20(21)23(3,4)19-11-7-6-8-12-19/h6-8,11-12,20-21H,9-10,13-16H2,1-5H3/t20-,21-,24-/m0/s1. The topological polar surface area (TPSA) is 26.3 Å². The minimum Gasteiger partial charge on any atom is -0.460 e. The molecule has 0 bridgehead atoms. The van der Waals surface area contributed by atoms with E-state index in [0.29, 0.717) is 5.92 Å². The van der Waals surface area contributed by atoms with Crippen LogP contribution in [0.5, 0.6) is 0 Å². The van der Waals surface area contributed by atoms with Crippen molar-refractivity contribution in [1.29, 1.82) is 0 Å². The van der Waals surface area contributed by atoms with E-state index < -0.39 is 4.08 Å². The van der Waals surface area contributed by atoms with Gasteiger partial charge in [0, 0.05) is 18.1 Å². The average molecular weight is 419 g/mol. The van der Waals surface area contributed by atoms with Crippen LogP contribution in [-0.2, 0) is 14.9 Å². The van der Waals surface area contributed by atoms with E-state index in [-0.39, 0.29) is 17.5 Å². The molecule has 154 valence electrons. The van der Waals surface area contributed by atoms with Gasteiger partial charge in [-0.05, 0) is 50.3 Å². The number of hydrogen-bond donors (Lipinski definition) is 0. The molecule has 1 aliphatic heterocycles. The molecule has 0 aromatic heterocycles. The lowest BCUT2D eigenvalue weighted by Crippen LogP contribution is -2.45. The Bertz CT molecular complexity index is 725. The maximum Gasteiger partial charge on any atom is 0.333 e. The summed E-state index contributed by atoms with van der Waals surface area (Å²) < 4.78 is 5.84. The highest BCUT2D eigenvalue weighted by Crippen LogP contribution is 2.49. The largest absolute Gasteiger partial charge is 0.460 e. The maximum atomic E-state index is 13.4. The van der Waals surface area contributed by atoms with Crippen molar-refractivity contribution in [3.8, 4) is 0 Å². The second kappa shape index (κ2) is 8.87. The molecule has 4 heteroatoms. The molecular formula is C24H34O2S2. The van der Waals surface area contributed by atoms with Gasteiger partial charge in [-0.1, -0.05) is 61.7 Å². The molecule has 0 N–H and O–H groups in total. The van der Waals surface area contributed by atoms with Crippen molar-refractivity contribution in [2.24, 2.45) is 5.92 Å². The highest BCUT2D eigenvalue weighted by molar-refractivity contribution is 8.19. The first-order valence-electron chi connectivity index (χ1n) is 10.4. The minimum absolute atomic E-state index is 0.00777. The lowest BCUT2D eigenvalue weighted by molar-refractivity contribution is -0.155. The van der Waals surface area contributed by atoms with E-state index in [1.54, 1.807) is 23.5 Å². The predicted octanol–water partition coefficient (Wildman–Crippen LogP) is 6.60. The van der Waals surface area contributed by atoms with Gasteiger partial charge in [0.1, 0.15) is 6.10 Å². The number of esters is 1. The molecule has 1 saturated carbocycles. The zero-order chi connectivity index (χ0) is 20.4. The number of carbonyl (C=O) groups is 1. The summed E-state index contributed by atoms with van der Waals surface area (Å²) in [4.78, 5) is 13.4. The zero-order valence-corrected chi connectivity index (χ0v) is 19.6. The molecule has 1 aromatic rings. The second-order valence-corrected chi connectivity index (χ2v) is 11.5. The summed E-state index contributed by atoms with van der Waals surface area (Å²) in [5.41, 5.74) is 4.08. The third-order valence-corrected chi connectivity index (χ3v) is 9.97. The molecular weight excluding hydrogens is 384 g/mol. The van der Waals surface area contributed by atoms with Gasteiger partial charge in [-0.3, -0.25) is 0 Å². The summed E-state index contributed by atoms with van der Waals surface area (Å²) in [5.74, 6) is 1.27. The SMILES string of the molecule is CS[C@@]1(C(=O)O[C@H]2CCCC[C@@H]2C(C)(C)c2ccccc2)CC(C)=C(C)CS1. The fraction of sp³-hybridized carbons (Fsp3) is 0.625. The van der Waals surface area contributed by atoms with Crippen molar-refractivity contribution < 1.29 is 9.53 Å². The number of allylic oxidation sites excluding steroid dienone is 1. The minimum atomic E-state index is -0.484. The quantitative estimate of drug-likeness (QED) is 0.397. The van der Waals surface area contributed by atoms with E-state index in [9.17, 15) is 4.79 Å². The molecule has 0 saturated heterocycles. The van der Waals surface area contributed by atoms with Gasteiger partial charge < -0.3 is 4.74 Å². The Labute approximate surface area is 179 Å². The Morgan fingerprint density at radius 1 is 1.14 bits per heavy atom. The monoisotopic (exact) mass is 418 g/mol. The molecule has 2 aliphatic rings. The van der Waals surface area contributed by atoms with E-state index in [2.05, 4.69) is 64.3 Å². The van der Waals surface area contributed by atoms with Crippen LogP contribution in [0, 0.1) is 5.92 Å². The van der Waals surface area contributed by atoms with Crippen LogP contribution in [0.1, 0.15) is 65.4 Å². The summed E-state index contributed by atoms with van der Waals surface area (Å²) in [6.45, 7) is 8.97. The molecule has 3 atom stereocenters. The van der Waals surface area contributed by atoms with Crippen molar-refractivity contribution >= 4 is 29.5 Å². The van der Waals surface area contributed by atoms with Gasteiger partial charge in [0.25, 0.3) is 0 Å². The van der Waals surface area contributed by atoms with Crippen LogP contribution in [0.25, 0.3) is 0 Å². The summed E-state index contributed by atoms with van der Waals surface area (Å²) >= 11 is 3.41. The molecule has 2 nitrogen and oxygen atoms in total. The van der Waals surface area contributed by atoms with Crippen molar-refractivity contribution in [3.63, 3.8) is 0 Å². The van der Waals surface area contributed by atoms with E-state index in [0.717, 1.165) is 31.4 Å². The average Bonchev–Trinajstić information content (AvgIpc) is 2.71. The first kappa shape index (κ1) is 21.8. The smallest absolute Gasteiger partial charge is 0.333 e. The molecule has 0 amide bonds. The zero-order valence-electron chi connectivity index (χ0n) is 17.9. The van der Waals surface area contributed by atoms with Crippen molar-refractivity contribution in [1.82, 2.24) is 0 Å². The van der Waals surface area contributed by atoms with E-state index in [1.807, 2.05) is 0 Å². The van der Waals surface area contributed by atoms with E-state index in [1.165, 1.54) is 23.1 Å². The first-order valence-corrected chi connectivity index (χ1v) is 12.6. The van der Waals surface area contributed by atoms with Gasteiger partial charge in [-0.15, -0.1) is 23.5 Å². The lowest BCUT2D eigenvalue weighted by atomic mass is 9.66. The lowest BCUT2D eigenvalue weighted by Gasteiger charge is -2.44. The number of rotatable bonds is 5. The molecule has 1 aliphatic carbocycles. The molecule has 0 unspecified atom stereocenters. The summed E-state index contributed by atoms with van der Waals surface area (Å²) in [6.07, 6.45) is 7.33. The molecule has 3 rings (SSSR count). The van der Waals surface area contributed by atoms with Crippen LogP contribution in [0.15, 0.2) is 41.5 Å². The van der Waals surface area contributed by atoms with Crippen molar-refractivity contribution in [2.45, 2.75) is 75.4 Å². The summed E-state index contributed by atoms with van der Waals surface area (Å²) in [7, 11) is 0. The predicted molar refractivity (Wildman–Crippen MR) is 123 cm³/mol. The van der Waals surface area contributed by atoms with E-state index >= 15 is 0 Å². The summed E-state index contributed by atoms with van der Waals surface area (Å²) in [6, 6.07) is 10.7. The molecule has 28 heavy (non-hydrogen) atoms. The van der Waals surface area contributed by atoms with Crippen LogP contribution in [-0.4, -0.2) is 28.2 Å². The van der Waals surface area contributed by atoms with Crippen molar-refractivity contribution in [3.05, 3.63) is 47.0 Å². The molecule has 1 heterocycles. The van der Waals surface area contributed by atoms with Gasteiger partial charge in [-0.2, -0.15) is 0 Å². The second-order valence-electron chi connectivity index (χ2n) is 8.91. The van der Waals surface area contributed by atoms with Crippen LogP contribution in [0.3, 0.4) is 0 Å². The van der Waals surface area contributed by atoms with Gasteiger partial charge in [0.2, 0.25) is 0 Å². The van der Waals surface area contributed by atoms with Gasteiger partial charge in [-0.25, -0.2) is 4.79 Å². The molecule has 0 radical (unpaired) electrons. The Kier molecular flexibility index (Phi) is 6.92. The third-order valence-electron chi connectivity index (χ3n) is 6.79. The van der Waals surface area contributed by atoms with Crippen LogP contribution < -0.4 is 0 Å². The van der Waals surface area contributed by atoms with Gasteiger partial charge >= 0.3 is 5.97 Å². The number of ether oxygens (including phenoxy) is 1. The fourth-order valence-electron chi connectivity index (χ4n) is 4.62. The maximum absolute atomic E-state index is 13.4. The van der Waals surface area contributed by atoms with Crippen LogP contribution in [0.4, 0.5) is 0 Å². The number of thioether (sulfide) groups is 2. The highest BCUT2D eigenvalue weighted by atomic mass is 32.2. The normalized spacial score (nSPS) is 28.9. The third kappa shape index (κ3) is 4.33.